The molecule has 3 nitrogen and oxygen atoms in total. The predicted molar refractivity (Wildman–Crippen MR) is 56.4 cm³/mol. The minimum absolute atomic E-state index is 0.0257. The van der Waals surface area contributed by atoms with Crippen molar-refractivity contribution in [1.29, 1.82) is 0 Å². The first-order valence-corrected chi connectivity index (χ1v) is 6.10. The van der Waals surface area contributed by atoms with Gasteiger partial charge >= 0.3 is 5.97 Å². The van der Waals surface area contributed by atoms with Gasteiger partial charge in [-0.15, -0.1) is 0 Å². The molecule has 4 unspecified atom stereocenters. The number of esters is 1. The summed E-state index contributed by atoms with van der Waals surface area (Å²) < 4.78 is 10.6. The van der Waals surface area contributed by atoms with E-state index in [9.17, 15) is 4.79 Å². The standard InChI is InChI=1S/C8H10O3.C4H10/c9-8-7-4(3-10-8)5-1-2-6(7)11-5;1-3-4-2/h4-7H,1-3H2;3-4H2,1-2H3. The second-order valence-electron chi connectivity index (χ2n) is 4.61. The highest BCUT2D eigenvalue weighted by atomic mass is 16.6. The van der Waals surface area contributed by atoms with Crippen LogP contribution in [-0.4, -0.2) is 24.8 Å². The van der Waals surface area contributed by atoms with Crippen LogP contribution in [0.4, 0.5) is 0 Å². The molecule has 0 amide bonds. The van der Waals surface area contributed by atoms with Crippen molar-refractivity contribution in [3.05, 3.63) is 0 Å². The lowest BCUT2D eigenvalue weighted by atomic mass is 9.81. The first-order chi connectivity index (χ1) is 7.27. The van der Waals surface area contributed by atoms with Gasteiger partial charge in [-0.25, -0.2) is 0 Å². The molecule has 4 atom stereocenters. The zero-order chi connectivity index (χ0) is 10.8. The molecule has 3 aliphatic rings. The second kappa shape index (κ2) is 4.52. The Bertz CT molecular complexity index is 237. The largest absolute Gasteiger partial charge is 0.465 e. The van der Waals surface area contributed by atoms with Crippen LogP contribution in [0.25, 0.3) is 0 Å². The third-order valence-electron chi connectivity index (χ3n) is 3.61. The fourth-order valence-electron chi connectivity index (χ4n) is 2.59. The molecule has 0 aromatic carbocycles. The molecule has 15 heavy (non-hydrogen) atoms. The molecular formula is C12H20O3. The summed E-state index contributed by atoms with van der Waals surface area (Å²) in [7, 11) is 0. The van der Waals surface area contributed by atoms with E-state index in [1.807, 2.05) is 0 Å². The summed E-state index contributed by atoms with van der Waals surface area (Å²) in [4.78, 5) is 11.1. The van der Waals surface area contributed by atoms with E-state index in [0.717, 1.165) is 12.8 Å². The average Bonchev–Trinajstić information content (AvgIpc) is 2.92. The number of carbonyl (C=O) groups excluding carboxylic acids is 1. The number of carbonyl (C=O) groups is 1. The molecule has 3 fully saturated rings. The molecule has 2 bridgehead atoms. The zero-order valence-corrected chi connectivity index (χ0v) is 9.57. The maximum absolute atomic E-state index is 11.1. The first kappa shape index (κ1) is 10.9. The van der Waals surface area contributed by atoms with Gasteiger partial charge in [0.2, 0.25) is 0 Å². The van der Waals surface area contributed by atoms with Gasteiger partial charge in [-0.2, -0.15) is 0 Å². The normalized spacial score (nSPS) is 40.8. The quantitative estimate of drug-likeness (QED) is 0.625. The maximum Gasteiger partial charge on any atom is 0.312 e. The van der Waals surface area contributed by atoms with Gasteiger partial charge < -0.3 is 9.47 Å². The molecule has 0 spiro atoms. The van der Waals surface area contributed by atoms with Gasteiger partial charge in [0.15, 0.2) is 0 Å². The Hall–Kier alpha value is -0.570. The van der Waals surface area contributed by atoms with Crippen LogP contribution in [0.2, 0.25) is 0 Å². The third-order valence-corrected chi connectivity index (χ3v) is 3.61. The van der Waals surface area contributed by atoms with Crippen molar-refractivity contribution in [2.45, 2.75) is 51.7 Å². The fourth-order valence-corrected chi connectivity index (χ4v) is 2.59. The lowest BCUT2D eigenvalue weighted by molar-refractivity contribution is -0.143. The minimum Gasteiger partial charge on any atom is -0.465 e. The van der Waals surface area contributed by atoms with Crippen LogP contribution in [0.1, 0.15) is 39.5 Å². The third kappa shape index (κ3) is 1.89. The van der Waals surface area contributed by atoms with E-state index in [4.69, 9.17) is 9.47 Å². The van der Waals surface area contributed by atoms with Crippen molar-refractivity contribution in [2.75, 3.05) is 6.61 Å². The van der Waals surface area contributed by atoms with E-state index >= 15 is 0 Å². The highest BCUT2D eigenvalue weighted by Gasteiger charge is 2.56. The molecule has 0 radical (unpaired) electrons. The second-order valence-corrected chi connectivity index (χ2v) is 4.61. The first-order valence-electron chi connectivity index (χ1n) is 6.10. The van der Waals surface area contributed by atoms with Gasteiger partial charge in [-0.1, -0.05) is 26.7 Å². The molecule has 0 aromatic heterocycles. The Morgan fingerprint density at radius 1 is 1.20 bits per heavy atom. The van der Waals surface area contributed by atoms with Crippen molar-refractivity contribution >= 4 is 5.97 Å². The van der Waals surface area contributed by atoms with Crippen LogP contribution < -0.4 is 0 Å². The fraction of sp³-hybridized carbons (Fsp3) is 0.917. The SMILES string of the molecule is CCCC.O=C1OCC2C3CCC(O3)C12. The molecule has 3 aliphatic heterocycles. The predicted octanol–water partition coefficient (Wildman–Crippen LogP) is 2.14. The summed E-state index contributed by atoms with van der Waals surface area (Å²) in [6, 6.07) is 0. The molecule has 0 aliphatic carbocycles. The highest BCUT2D eigenvalue weighted by molar-refractivity contribution is 5.76. The number of ether oxygens (including phenoxy) is 2. The molecule has 3 saturated heterocycles. The van der Waals surface area contributed by atoms with Crippen molar-refractivity contribution in [1.82, 2.24) is 0 Å². The Balaban J connectivity index is 0.000000188. The van der Waals surface area contributed by atoms with E-state index in [1.54, 1.807) is 0 Å². The van der Waals surface area contributed by atoms with Gasteiger partial charge in [0.1, 0.15) is 0 Å². The molecule has 0 N–H and O–H groups in total. The minimum atomic E-state index is -0.0257. The summed E-state index contributed by atoms with van der Waals surface area (Å²) in [5.74, 6) is 0.456. The van der Waals surface area contributed by atoms with Gasteiger partial charge in [0.25, 0.3) is 0 Å². The Morgan fingerprint density at radius 2 is 1.87 bits per heavy atom. The molecular weight excluding hydrogens is 192 g/mol. The topological polar surface area (TPSA) is 35.5 Å². The van der Waals surface area contributed by atoms with Gasteiger partial charge in [0, 0.05) is 5.92 Å². The van der Waals surface area contributed by atoms with Crippen LogP contribution >= 0.6 is 0 Å². The number of rotatable bonds is 1. The molecule has 3 heteroatoms. The lowest BCUT2D eigenvalue weighted by Crippen LogP contribution is -2.27. The summed E-state index contributed by atoms with van der Waals surface area (Å²) in [6.45, 7) is 4.96. The van der Waals surface area contributed by atoms with Crippen LogP contribution in [0.5, 0.6) is 0 Å². The van der Waals surface area contributed by atoms with E-state index in [-0.39, 0.29) is 18.0 Å². The highest BCUT2D eigenvalue weighted by Crippen LogP contribution is 2.46. The van der Waals surface area contributed by atoms with E-state index < -0.39 is 0 Å². The van der Waals surface area contributed by atoms with E-state index in [2.05, 4.69) is 13.8 Å². The van der Waals surface area contributed by atoms with Crippen LogP contribution in [0.3, 0.4) is 0 Å². The smallest absolute Gasteiger partial charge is 0.312 e. The summed E-state index contributed by atoms with van der Waals surface area (Å²) in [5.41, 5.74) is 0. The summed E-state index contributed by atoms with van der Waals surface area (Å²) >= 11 is 0. The maximum atomic E-state index is 11.1. The Morgan fingerprint density at radius 3 is 2.47 bits per heavy atom. The van der Waals surface area contributed by atoms with Crippen LogP contribution in [-0.2, 0) is 14.3 Å². The zero-order valence-electron chi connectivity index (χ0n) is 9.57. The number of hydrogen-bond donors (Lipinski definition) is 0. The van der Waals surface area contributed by atoms with Crippen LogP contribution in [0, 0.1) is 11.8 Å². The van der Waals surface area contributed by atoms with Crippen molar-refractivity contribution in [3.8, 4) is 0 Å². The average molecular weight is 212 g/mol. The molecule has 3 rings (SSSR count). The monoisotopic (exact) mass is 212 g/mol. The molecule has 3 heterocycles. The number of unbranched alkanes of at least 4 members (excludes halogenated alkanes) is 1. The van der Waals surface area contributed by atoms with Crippen molar-refractivity contribution < 1.29 is 14.3 Å². The summed E-state index contributed by atoms with van der Waals surface area (Å²) in [6.07, 6.45) is 5.35. The van der Waals surface area contributed by atoms with E-state index in [0.29, 0.717) is 18.6 Å². The van der Waals surface area contributed by atoms with E-state index in [1.165, 1.54) is 12.8 Å². The number of fused-ring (bicyclic) bond motifs is 5. The van der Waals surface area contributed by atoms with Crippen molar-refractivity contribution in [2.24, 2.45) is 11.8 Å². The molecule has 0 aromatic rings. The van der Waals surface area contributed by atoms with Gasteiger partial charge in [0.05, 0.1) is 24.7 Å². The molecule has 86 valence electrons. The van der Waals surface area contributed by atoms with Gasteiger partial charge in [-0.05, 0) is 12.8 Å². The van der Waals surface area contributed by atoms with Crippen molar-refractivity contribution in [3.63, 3.8) is 0 Å². The Labute approximate surface area is 91.1 Å². The Kier molecular flexibility index (Phi) is 3.29. The number of hydrogen-bond acceptors (Lipinski definition) is 3. The lowest BCUT2D eigenvalue weighted by Gasteiger charge is -2.14. The van der Waals surface area contributed by atoms with Gasteiger partial charge in [-0.3, -0.25) is 4.79 Å². The summed E-state index contributed by atoms with van der Waals surface area (Å²) in [5, 5.41) is 0. The molecule has 0 saturated carbocycles. The van der Waals surface area contributed by atoms with Crippen LogP contribution in [0.15, 0.2) is 0 Å². The number of cyclic esters (lactones) is 1.